The van der Waals surface area contributed by atoms with E-state index < -0.39 is 141 Å². The highest BCUT2D eigenvalue weighted by molar-refractivity contribution is 5.89. The van der Waals surface area contributed by atoms with Crippen LogP contribution in [0.15, 0.2) is 95.4 Å². The number of hydrogen-bond donors (Lipinski definition) is 14. The Labute approximate surface area is 440 Å². The lowest BCUT2D eigenvalue weighted by atomic mass is 9.97. The Kier molecular flexibility index (Phi) is 17.8. The highest BCUT2D eigenvalue weighted by atomic mass is 16.8. The molecule has 4 aromatic carbocycles. The standard InChI is InChI=1S/C52H54O26/c1-69-33-15-23(3-11-29(33)57)5-13-39(60)70-20-36-41(62)44(65)47(68)51(76-36)78-49-45(66)42(63)37(21-71-38(59)12-4-22-2-10-28(56)30(58)14-22)77-52(49)74-34-18-27-31(72-48(34)24-6-8-25(54)9-7-24)16-26(55)17-32(27)73-50-46(67)43(64)40(61)35(19-53)75-50/h2-18,35-37,40-47,49-53,61-68H,19-21H2,1H3,(H4-,54,55,56,57,58,59,60)/p+1/t35?,36?,37?,40-,41-,42-,43+,44+,45+,46?,47?,49?,50-,51+,52-/m1/s1. The molecule has 0 radical (unpaired) electrons. The average Bonchev–Trinajstić information content (AvgIpc) is 3.51. The molecule has 0 spiro atoms. The predicted molar refractivity (Wildman–Crippen MR) is 261 cm³/mol. The lowest BCUT2D eigenvalue weighted by molar-refractivity contribution is -0.358. The van der Waals surface area contributed by atoms with Gasteiger partial charge >= 0.3 is 23.3 Å². The van der Waals surface area contributed by atoms with Crippen molar-refractivity contribution < 1.29 is 128 Å². The second kappa shape index (κ2) is 24.5. The quantitative estimate of drug-likeness (QED) is 0.0244. The fraction of sp³-hybridized carbons (Fsp3) is 0.365. The number of aliphatic hydroxyl groups excluding tert-OH is 9. The number of phenolic OH excluding ortho intramolecular Hbond substituents is 5. The lowest BCUT2D eigenvalue weighted by Crippen LogP contribution is -2.65. The van der Waals surface area contributed by atoms with Gasteiger partial charge in [0, 0.05) is 24.3 Å². The van der Waals surface area contributed by atoms with Crippen LogP contribution >= 0.6 is 0 Å². The molecule has 5 aromatic rings. The van der Waals surface area contributed by atoms with Crippen LogP contribution in [0.25, 0.3) is 34.4 Å². The number of hydrogen-bond acceptors (Lipinski definition) is 25. The number of ether oxygens (including phenoxy) is 9. The molecule has 3 aliphatic rings. The Bertz CT molecular complexity index is 2970. The van der Waals surface area contributed by atoms with E-state index in [9.17, 15) is 81.1 Å². The molecule has 15 atom stereocenters. The SMILES string of the molecule is COc1cc(/C=C/C(=O)OCC2O[C@@H](OC3[C@H](Oc4cc5c(O[C@@H]6OC(CO)[C@@H](O)[C@H](O)C6O)cc(O)cc5[o+]c4-c4ccc(O)cc4)OC(COC(=O)/C=C/c4ccc(O)c(O)c4)[C@@H](O)[C@@H]3O)C(O)[C@@H](O)[C@@H]2O)ccc1O. The summed E-state index contributed by atoms with van der Waals surface area (Å²) in [5.74, 6) is -4.41. The van der Waals surface area contributed by atoms with Gasteiger partial charge in [0.1, 0.15) is 103 Å². The lowest BCUT2D eigenvalue weighted by Gasteiger charge is -2.45. The van der Waals surface area contributed by atoms with E-state index in [2.05, 4.69) is 0 Å². The Balaban J connectivity index is 1.11. The molecule has 3 fully saturated rings. The zero-order valence-corrected chi connectivity index (χ0v) is 40.8. The zero-order valence-electron chi connectivity index (χ0n) is 40.8. The summed E-state index contributed by atoms with van der Waals surface area (Å²) < 4.78 is 57.8. The number of fused-ring (bicyclic) bond motifs is 1. The van der Waals surface area contributed by atoms with Gasteiger partial charge in [0.2, 0.25) is 18.3 Å². The largest absolute Gasteiger partial charge is 0.508 e. The maximum absolute atomic E-state index is 13.0. The minimum atomic E-state index is -2.14. The topological polar surface area (TPSA) is 412 Å². The highest BCUT2D eigenvalue weighted by Gasteiger charge is 2.53. The first kappa shape index (κ1) is 56.8. The van der Waals surface area contributed by atoms with Crippen LogP contribution in [-0.2, 0) is 38.0 Å². The van der Waals surface area contributed by atoms with Crippen molar-refractivity contribution in [3.8, 4) is 57.3 Å². The molecule has 78 heavy (non-hydrogen) atoms. The number of benzene rings is 4. The van der Waals surface area contributed by atoms with Crippen molar-refractivity contribution in [3.63, 3.8) is 0 Å². The molecule has 0 bridgehead atoms. The van der Waals surface area contributed by atoms with Crippen LogP contribution < -0.4 is 14.2 Å². The Morgan fingerprint density at radius 3 is 1.71 bits per heavy atom. The first-order chi connectivity index (χ1) is 37.2. The maximum Gasteiger partial charge on any atom is 0.402 e. The van der Waals surface area contributed by atoms with Crippen molar-refractivity contribution >= 4 is 35.1 Å². The van der Waals surface area contributed by atoms with E-state index in [1.807, 2.05) is 0 Å². The van der Waals surface area contributed by atoms with Crippen LogP contribution in [-0.4, -0.2) is 202 Å². The minimum Gasteiger partial charge on any atom is -0.508 e. The molecule has 1 aromatic heterocycles. The number of phenols is 5. The molecular formula is C52H55O26+. The number of aromatic hydroxyl groups is 5. The summed E-state index contributed by atoms with van der Waals surface area (Å²) in [6.45, 7) is -2.36. The number of aliphatic hydroxyl groups is 9. The monoisotopic (exact) mass is 1100 g/mol. The summed E-state index contributed by atoms with van der Waals surface area (Å²) in [4.78, 5) is 25.8. The molecule has 4 heterocycles. The van der Waals surface area contributed by atoms with Crippen molar-refractivity contribution in [1.29, 1.82) is 0 Å². The molecule has 0 saturated carbocycles. The summed E-state index contributed by atoms with van der Waals surface area (Å²) in [5, 5.41) is 148. The van der Waals surface area contributed by atoms with Gasteiger partial charge in [-0.1, -0.05) is 12.1 Å². The van der Waals surface area contributed by atoms with E-state index in [1.54, 1.807) is 0 Å². The number of carbonyl (C=O) groups is 2. The first-order valence-electron chi connectivity index (χ1n) is 23.8. The van der Waals surface area contributed by atoms with Crippen LogP contribution in [0.2, 0.25) is 0 Å². The normalized spacial score (nSPS) is 29.3. The summed E-state index contributed by atoms with van der Waals surface area (Å²) in [5.41, 5.74) is 0.729. The maximum atomic E-state index is 13.0. The van der Waals surface area contributed by atoms with Crippen LogP contribution in [0.4, 0.5) is 0 Å². The van der Waals surface area contributed by atoms with Gasteiger partial charge in [-0.25, -0.2) is 14.0 Å². The average molecular weight is 1100 g/mol. The Morgan fingerprint density at radius 2 is 1.09 bits per heavy atom. The highest BCUT2D eigenvalue weighted by Crippen LogP contribution is 2.43. The van der Waals surface area contributed by atoms with Gasteiger partial charge in [-0.3, -0.25) is 0 Å². The summed E-state index contributed by atoms with van der Waals surface area (Å²) in [6.07, 6.45) is -23.9. The smallest absolute Gasteiger partial charge is 0.402 e. The second-order valence-electron chi connectivity index (χ2n) is 18.0. The molecule has 26 nitrogen and oxygen atoms in total. The van der Waals surface area contributed by atoms with Crippen LogP contribution in [0.1, 0.15) is 11.1 Å². The van der Waals surface area contributed by atoms with E-state index in [0.717, 1.165) is 30.4 Å². The van der Waals surface area contributed by atoms with Crippen molar-refractivity contribution in [1.82, 2.24) is 0 Å². The fourth-order valence-corrected chi connectivity index (χ4v) is 8.38. The fourth-order valence-electron chi connectivity index (χ4n) is 8.38. The molecular weight excluding hydrogens is 1040 g/mol. The van der Waals surface area contributed by atoms with Crippen LogP contribution in [0.3, 0.4) is 0 Å². The van der Waals surface area contributed by atoms with E-state index in [4.69, 9.17) is 47.0 Å². The minimum absolute atomic E-state index is 0.0754. The van der Waals surface area contributed by atoms with Crippen LogP contribution in [0, 0.1) is 0 Å². The number of carbonyl (C=O) groups excluding carboxylic acids is 2. The van der Waals surface area contributed by atoms with Crippen molar-refractivity contribution in [2.75, 3.05) is 26.9 Å². The predicted octanol–water partition coefficient (Wildman–Crippen LogP) is -0.372. The van der Waals surface area contributed by atoms with Gasteiger partial charge in [-0.2, -0.15) is 0 Å². The molecule has 26 heteroatoms. The van der Waals surface area contributed by atoms with Gasteiger partial charge in [0.15, 0.2) is 35.4 Å². The third-order valence-corrected chi connectivity index (χ3v) is 12.7. The van der Waals surface area contributed by atoms with Gasteiger partial charge in [-0.15, -0.1) is 0 Å². The third-order valence-electron chi connectivity index (χ3n) is 12.7. The molecule has 14 N–H and O–H groups in total. The van der Waals surface area contributed by atoms with Gasteiger partial charge < -0.3 is 114 Å². The van der Waals surface area contributed by atoms with Crippen LogP contribution in [0.5, 0.6) is 46.0 Å². The van der Waals surface area contributed by atoms with E-state index in [1.165, 1.54) is 79.9 Å². The summed E-state index contributed by atoms with van der Waals surface area (Å²) in [7, 11) is 1.33. The first-order valence-corrected chi connectivity index (χ1v) is 23.8. The summed E-state index contributed by atoms with van der Waals surface area (Å²) in [6, 6.07) is 16.7. The molecule has 0 aliphatic carbocycles. The second-order valence-corrected chi connectivity index (χ2v) is 18.0. The molecule has 3 saturated heterocycles. The third kappa shape index (κ3) is 12.8. The molecule has 418 valence electrons. The zero-order chi connectivity index (χ0) is 56.1. The van der Waals surface area contributed by atoms with E-state index in [-0.39, 0.29) is 56.6 Å². The Morgan fingerprint density at radius 1 is 0.538 bits per heavy atom. The number of esters is 2. The number of rotatable bonds is 17. The van der Waals surface area contributed by atoms with Crippen molar-refractivity contribution in [2.45, 2.75) is 92.1 Å². The van der Waals surface area contributed by atoms with Crippen molar-refractivity contribution in [3.05, 3.63) is 102 Å². The number of methoxy groups -OCH3 is 1. The summed E-state index contributed by atoms with van der Waals surface area (Å²) >= 11 is 0. The van der Waals surface area contributed by atoms with Gasteiger partial charge in [0.25, 0.3) is 0 Å². The molecule has 0 amide bonds. The van der Waals surface area contributed by atoms with E-state index in [0.29, 0.717) is 5.56 Å². The van der Waals surface area contributed by atoms with Gasteiger partial charge in [-0.05, 0) is 71.8 Å². The Hall–Kier alpha value is -7.41. The molecule has 3 aliphatic heterocycles. The van der Waals surface area contributed by atoms with Gasteiger partial charge in [0.05, 0.1) is 25.3 Å². The molecule has 6 unspecified atom stereocenters. The van der Waals surface area contributed by atoms with Crippen molar-refractivity contribution in [2.24, 2.45) is 0 Å². The molecule has 8 rings (SSSR count). The van der Waals surface area contributed by atoms with E-state index >= 15 is 0 Å².